The van der Waals surface area contributed by atoms with Crippen LogP contribution in [0.15, 0.2) is 18.2 Å². The molecule has 2 unspecified atom stereocenters. The molecule has 0 aliphatic carbocycles. The van der Waals surface area contributed by atoms with Crippen molar-refractivity contribution in [1.29, 1.82) is 0 Å². The molecule has 2 rings (SSSR count). The van der Waals surface area contributed by atoms with Crippen molar-refractivity contribution in [3.05, 3.63) is 29.6 Å². The normalized spacial score (nSPS) is 20.4. The average molecular weight is 280 g/mol. The highest BCUT2D eigenvalue weighted by Crippen LogP contribution is 2.33. The van der Waals surface area contributed by atoms with Gasteiger partial charge < -0.3 is 15.0 Å². The van der Waals surface area contributed by atoms with Crippen LogP contribution < -0.4 is 10.2 Å². The zero-order valence-corrected chi connectivity index (χ0v) is 12.7. The molecule has 20 heavy (non-hydrogen) atoms. The third kappa shape index (κ3) is 3.30. The van der Waals surface area contributed by atoms with E-state index < -0.39 is 0 Å². The fraction of sp³-hybridized carbons (Fsp3) is 0.625. The van der Waals surface area contributed by atoms with Crippen molar-refractivity contribution in [3.8, 4) is 0 Å². The van der Waals surface area contributed by atoms with E-state index in [0.717, 1.165) is 43.9 Å². The lowest BCUT2D eigenvalue weighted by atomic mass is 10.0. The van der Waals surface area contributed by atoms with Crippen molar-refractivity contribution in [2.75, 3.05) is 38.3 Å². The van der Waals surface area contributed by atoms with Gasteiger partial charge in [0, 0.05) is 32.2 Å². The van der Waals surface area contributed by atoms with Gasteiger partial charge in [-0.2, -0.15) is 0 Å². The summed E-state index contributed by atoms with van der Waals surface area (Å²) in [5.41, 5.74) is 1.81. The van der Waals surface area contributed by atoms with E-state index in [9.17, 15) is 4.39 Å². The Balaban J connectivity index is 2.22. The summed E-state index contributed by atoms with van der Waals surface area (Å²) in [5.74, 6) is 0.382. The lowest BCUT2D eigenvalue weighted by molar-refractivity contribution is 0.161. The predicted molar refractivity (Wildman–Crippen MR) is 80.7 cm³/mol. The number of hydrogen-bond donors (Lipinski definition) is 1. The van der Waals surface area contributed by atoms with E-state index in [2.05, 4.69) is 24.1 Å². The van der Waals surface area contributed by atoms with Gasteiger partial charge in [0.15, 0.2) is 0 Å². The molecule has 1 aliphatic rings. The van der Waals surface area contributed by atoms with Gasteiger partial charge in [-0.1, -0.05) is 19.1 Å². The van der Waals surface area contributed by atoms with Crippen molar-refractivity contribution < 1.29 is 9.13 Å². The van der Waals surface area contributed by atoms with E-state index >= 15 is 0 Å². The van der Waals surface area contributed by atoms with Gasteiger partial charge in [0.1, 0.15) is 5.82 Å². The molecule has 4 heteroatoms. The third-order valence-corrected chi connectivity index (χ3v) is 4.00. The quantitative estimate of drug-likeness (QED) is 0.867. The number of nitrogens with one attached hydrogen (secondary N) is 1. The average Bonchev–Trinajstić information content (AvgIpc) is 2.87. The Hall–Kier alpha value is -1.13. The Morgan fingerprint density at radius 3 is 3.00 bits per heavy atom. The second kappa shape index (κ2) is 7.04. The molecule has 1 heterocycles. The number of rotatable bonds is 6. The van der Waals surface area contributed by atoms with E-state index in [1.807, 2.05) is 6.07 Å². The molecule has 0 aromatic heterocycles. The Labute approximate surface area is 121 Å². The number of benzene rings is 1. The Morgan fingerprint density at radius 2 is 2.30 bits per heavy atom. The van der Waals surface area contributed by atoms with Crippen LogP contribution in [0.25, 0.3) is 0 Å². The molecular formula is C16H25FN2O. The van der Waals surface area contributed by atoms with Crippen molar-refractivity contribution in [1.82, 2.24) is 5.32 Å². The maximum Gasteiger partial charge on any atom is 0.146 e. The summed E-state index contributed by atoms with van der Waals surface area (Å²) < 4.78 is 19.5. The Morgan fingerprint density at radius 1 is 1.50 bits per heavy atom. The van der Waals surface area contributed by atoms with Crippen molar-refractivity contribution in [2.45, 2.75) is 26.3 Å². The number of nitrogens with zero attached hydrogens (tertiary/aromatic N) is 1. The van der Waals surface area contributed by atoms with Crippen LogP contribution in [-0.2, 0) is 4.74 Å². The molecule has 2 atom stereocenters. The number of methoxy groups -OCH3 is 1. The first kappa shape index (κ1) is 15.3. The van der Waals surface area contributed by atoms with E-state index in [1.165, 1.54) is 0 Å². The molecule has 1 fully saturated rings. The lowest BCUT2D eigenvalue weighted by Crippen LogP contribution is -2.26. The van der Waals surface area contributed by atoms with E-state index in [0.29, 0.717) is 5.92 Å². The van der Waals surface area contributed by atoms with Gasteiger partial charge in [-0.15, -0.1) is 0 Å². The minimum absolute atomic E-state index is 0.120. The summed E-state index contributed by atoms with van der Waals surface area (Å²) in [4.78, 5) is 2.17. The van der Waals surface area contributed by atoms with E-state index in [1.54, 1.807) is 19.2 Å². The van der Waals surface area contributed by atoms with Crippen LogP contribution >= 0.6 is 0 Å². The van der Waals surface area contributed by atoms with Gasteiger partial charge in [0.05, 0.1) is 12.3 Å². The molecule has 1 aliphatic heterocycles. The van der Waals surface area contributed by atoms with Crippen LogP contribution in [0.1, 0.15) is 31.9 Å². The summed E-state index contributed by atoms with van der Waals surface area (Å²) in [6.07, 6.45) is 1.07. The monoisotopic (exact) mass is 280 g/mol. The first-order valence-corrected chi connectivity index (χ1v) is 7.43. The van der Waals surface area contributed by atoms with Gasteiger partial charge >= 0.3 is 0 Å². The van der Waals surface area contributed by atoms with Crippen LogP contribution in [0, 0.1) is 11.7 Å². The molecule has 1 N–H and O–H groups in total. The smallest absolute Gasteiger partial charge is 0.146 e. The fourth-order valence-electron chi connectivity index (χ4n) is 3.04. The first-order valence-electron chi connectivity index (χ1n) is 7.43. The maximum atomic E-state index is 14.3. The molecule has 0 saturated carbocycles. The summed E-state index contributed by atoms with van der Waals surface area (Å²) in [5, 5.41) is 3.37. The summed E-state index contributed by atoms with van der Waals surface area (Å²) in [7, 11) is 1.73. The first-order chi connectivity index (χ1) is 9.67. The fourth-order valence-corrected chi connectivity index (χ4v) is 3.04. The second-order valence-corrected chi connectivity index (χ2v) is 5.51. The molecule has 0 amide bonds. The summed E-state index contributed by atoms with van der Waals surface area (Å²) in [6.45, 7) is 7.57. The Kier molecular flexibility index (Phi) is 5.38. The molecule has 1 aromatic rings. The molecule has 1 aromatic carbocycles. The van der Waals surface area contributed by atoms with E-state index in [4.69, 9.17) is 4.74 Å². The predicted octanol–water partition coefficient (Wildman–Crippen LogP) is 2.97. The lowest BCUT2D eigenvalue weighted by Gasteiger charge is -2.26. The van der Waals surface area contributed by atoms with Gasteiger partial charge in [-0.05, 0) is 31.5 Å². The highest BCUT2D eigenvalue weighted by Gasteiger charge is 2.27. The second-order valence-electron chi connectivity index (χ2n) is 5.51. The SMILES string of the molecule is CCNC(C)c1cccc(F)c1N1CCC(COC)C1. The number of anilines is 1. The van der Waals surface area contributed by atoms with Crippen molar-refractivity contribution >= 4 is 5.69 Å². The van der Waals surface area contributed by atoms with Crippen molar-refractivity contribution in [3.63, 3.8) is 0 Å². The summed E-state index contributed by atoms with van der Waals surface area (Å²) >= 11 is 0. The molecule has 112 valence electrons. The number of halogens is 1. The molecular weight excluding hydrogens is 255 g/mol. The molecule has 0 radical (unpaired) electrons. The zero-order valence-electron chi connectivity index (χ0n) is 12.7. The molecule has 0 spiro atoms. The van der Waals surface area contributed by atoms with Gasteiger partial charge in [0.2, 0.25) is 0 Å². The maximum absolute atomic E-state index is 14.3. The van der Waals surface area contributed by atoms with Gasteiger partial charge in [-0.3, -0.25) is 0 Å². The minimum Gasteiger partial charge on any atom is -0.384 e. The van der Waals surface area contributed by atoms with E-state index in [-0.39, 0.29) is 11.9 Å². The Bertz CT molecular complexity index is 438. The number of ether oxygens (including phenoxy) is 1. The zero-order chi connectivity index (χ0) is 14.5. The highest BCUT2D eigenvalue weighted by atomic mass is 19.1. The van der Waals surface area contributed by atoms with Crippen LogP contribution in [0.3, 0.4) is 0 Å². The van der Waals surface area contributed by atoms with Crippen LogP contribution in [0.2, 0.25) is 0 Å². The van der Waals surface area contributed by atoms with Gasteiger partial charge in [0.25, 0.3) is 0 Å². The minimum atomic E-state index is -0.120. The topological polar surface area (TPSA) is 24.5 Å². The number of hydrogen-bond acceptors (Lipinski definition) is 3. The highest BCUT2D eigenvalue weighted by molar-refractivity contribution is 5.57. The standard InChI is InChI=1S/C16H25FN2O/c1-4-18-12(2)14-6-5-7-15(17)16(14)19-9-8-13(10-19)11-20-3/h5-7,12-13,18H,4,8-11H2,1-3H3. The molecule has 1 saturated heterocycles. The molecule has 3 nitrogen and oxygen atoms in total. The third-order valence-electron chi connectivity index (χ3n) is 4.00. The number of para-hydroxylation sites is 1. The van der Waals surface area contributed by atoms with Crippen LogP contribution in [0.5, 0.6) is 0 Å². The summed E-state index contributed by atoms with van der Waals surface area (Å²) in [6, 6.07) is 5.54. The largest absolute Gasteiger partial charge is 0.384 e. The van der Waals surface area contributed by atoms with Crippen LogP contribution in [-0.4, -0.2) is 33.4 Å². The molecule has 0 bridgehead atoms. The van der Waals surface area contributed by atoms with Crippen molar-refractivity contribution in [2.24, 2.45) is 5.92 Å². The van der Waals surface area contributed by atoms with Gasteiger partial charge in [-0.25, -0.2) is 4.39 Å². The van der Waals surface area contributed by atoms with Crippen LogP contribution in [0.4, 0.5) is 10.1 Å².